The molecule has 6 heteroatoms. The second-order valence-electron chi connectivity index (χ2n) is 6.09. The third kappa shape index (κ3) is 2.52. The van der Waals surface area contributed by atoms with E-state index >= 15 is 0 Å². The summed E-state index contributed by atoms with van der Waals surface area (Å²) < 4.78 is 0. The maximum atomic E-state index is 12.6. The first-order valence-electron chi connectivity index (χ1n) is 7.96. The molecule has 0 bridgehead atoms. The van der Waals surface area contributed by atoms with Crippen molar-refractivity contribution in [1.82, 2.24) is 4.90 Å². The van der Waals surface area contributed by atoms with Crippen LogP contribution in [-0.2, 0) is 11.2 Å². The van der Waals surface area contributed by atoms with Crippen molar-refractivity contribution in [3.63, 3.8) is 0 Å². The van der Waals surface area contributed by atoms with E-state index in [-0.39, 0.29) is 18.2 Å². The number of fused-ring (bicyclic) bond motifs is 2. The van der Waals surface area contributed by atoms with Crippen LogP contribution >= 0.6 is 0 Å². The molecule has 1 N–H and O–H groups in total. The predicted octanol–water partition coefficient (Wildman–Crippen LogP) is 2.05. The number of aryl methyl sites for hydroxylation is 1. The van der Waals surface area contributed by atoms with Crippen molar-refractivity contribution in [1.29, 1.82) is 0 Å². The number of imide groups is 1. The molecule has 0 atom stereocenters. The van der Waals surface area contributed by atoms with E-state index in [0.29, 0.717) is 35.2 Å². The molecule has 0 saturated carbocycles. The summed E-state index contributed by atoms with van der Waals surface area (Å²) in [7, 11) is 0. The van der Waals surface area contributed by atoms with E-state index < -0.39 is 11.8 Å². The molecule has 2 aliphatic rings. The van der Waals surface area contributed by atoms with Gasteiger partial charge in [-0.1, -0.05) is 12.1 Å². The third-order valence-electron chi connectivity index (χ3n) is 4.50. The molecule has 4 rings (SSSR count). The fraction of sp³-hybridized carbons (Fsp3) is 0.158. The smallest absolute Gasteiger partial charge is 0.261 e. The topological polar surface area (TPSA) is 83.6 Å². The van der Waals surface area contributed by atoms with Gasteiger partial charge in [-0.15, -0.1) is 0 Å². The molecule has 6 nitrogen and oxygen atoms in total. The van der Waals surface area contributed by atoms with Crippen LogP contribution < -0.4 is 5.32 Å². The summed E-state index contributed by atoms with van der Waals surface area (Å²) in [4.78, 5) is 49.6. The monoisotopic (exact) mass is 334 g/mol. The number of hydrogen-bond donors (Lipinski definition) is 1. The molecule has 0 aliphatic carbocycles. The maximum Gasteiger partial charge on any atom is 0.261 e. The van der Waals surface area contributed by atoms with E-state index in [1.807, 2.05) is 0 Å². The Morgan fingerprint density at radius 1 is 0.960 bits per heavy atom. The lowest BCUT2D eigenvalue weighted by Crippen LogP contribution is -2.35. The molecule has 0 spiro atoms. The van der Waals surface area contributed by atoms with Crippen molar-refractivity contribution < 1.29 is 19.2 Å². The van der Waals surface area contributed by atoms with Crippen LogP contribution in [0.5, 0.6) is 0 Å². The van der Waals surface area contributed by atoms with Crippen LogP contribution in [0, 0.1) is 0 Å². The molecule has 0 unspecified atom stereocenters. The maximum absolute atomic E-state index is 12.6. The van der Waals surface area contributed by atoms with Gasteiger partial charge in [0, 0.05) is 17.7 Å². The first kappa shape index (κ1) is 15.3. The van der Waals surface area contributed by atoms with Gasteiger partial charge in [-0.05, 0) is 42.3 Å². The van der Waals surface area contributed by atoms with Gasteiger partial charge >= 0.3 is 0 Å². The van der Waals surface area contributed by atoms with Crippen molar-refractivity contribution in [3.8, 4) is 0 Å². The molecule has 124 valence electrons. The Hall–Kier alpha value is -3.28. The number of nitrogens with zero attached hydrogens (tertiary/aromatic N) is 1. The van der Waals surface area contributed by atoms with Crippen LogP contribution in [0.2, 0.25) is 0 Å². The molecular weight excluding hydrogens is 320 g/mol. The number of Topliss-reactive ketones (excluding diaryl/α,β-unsaturated/α-hetero) is 1. The Bertz CT molecular complexity index is 913. The van der Waals surface area contributed by atoms with E-state index in [1.54, 1.807) is 42.5 Å². The fourth-order valence-corrected chi connectivity index (χ4v) is 3.17. The molecule has 2 aromatic rings. The Morgan fingerprint density at radius 2 is 1.64 bits per heavy atom. The molecule has 25 heavy (non-hydrogen) atoms. The summed E-state index contributed by atoms with van der Waals surface area (Å²) in [6, 6.07) is 11.5. The van der Waals surface area contributed by atoms with Gasteiger partial charge in [0.05, 0.1) is 17.7 Å². The van der Waals surface area contributed by atoms with E-state index in [9.17, 15) is 19.2 Å². The lowest BCUT2D eigenvalue weighted by Gasteiger charge is -2.18. The van der Waals surface area contributed by atoms with E-state index in [1.165, 1.54) is 0 Å². The summed E-state index contributed by atoms with van der Waals surface area (Å²) in [5.41, 5.74) is 2.66. The number of ketones is 1. The van der Waals surface area contributed by atoms with E-state index in [0.717, 1.165) is 10.5 Å². The molecule has 0 radical (unpaired) electrons. The molecule has 3 amide bonds. The molecule has 2 heterocycles. The van der Waals surface area contributed by atoms with Crippen LogP contribution in [0.15, 0.2) is 42.5 Å². The number of benzene rings is 2. The van der Waals surface area contributed by atoms with Crippen molar-refractivity contribution in [2.45, 2.75) is 12.8 Å². The van der Waals surface area contributed by atoms with Crippen LogP contribution in [0.3, 0.4) is 0 Å². The first-order valence-corrected chi connectivity index (χ1v) is 7.96. The zero-order valence-corrected chi connectivity index (χ0v) is 13.2. The average molecular weight is 334 g/mol. The number of nitrogens with one attached hydrogen (secondary N) is 1. The number of carbonyl (C=O) groups excluding carboxylic acids is 4. The molecule has 0 aromatic heterocycles. The van der Waals surface area contributed by atoms with Crippen molar-refractivity contribution in [2.75, 3.05) is 11.9 Å². The number of rotatable bonds is 3. The Balaban J connectivity index is 1.56. The van der Waals surface area contributed by atoms with Gasteiger partial charge < -0.3 is 5.32 Å². The zero-order chi connectivity index (χ0) is 17.6. The summed E-state index contributed by atoms with van der Waals surface area (Å²) in [6.45, 7) is -0.294. The van der Waals surface area contributed by atoms with Crippen molar-refractivity contribution >= 4 is 29.2 Å². The van der Waals surface area contributed by atoms with Gasteiger partial charge in [0.2, 0.25) is 5.91 Å². The highest BCUT2D eigenvalue weighted by atomic mass is 16.2. The summed E-state index contributed by atoms with van der Waals surface area (Å²) in [5.74, 6) is -1.25. The highest BCUT2D eigenvalue weighted by molar-refractivity contribution is 6.23. The van der Waals surface area contributed by atoms with Gasteiger partial charge in [0.25, 0.3) is 11.8 Å². The molecule has 2 aliphatic heterocycles. The van der Waals surface area contributed by atoms with Crippen molar-refractivity contribution in [3.05, 3.63) is 64.7 Å². The Kier molecular flexibility index (Phi) is 3.46. The molecule has 0 fully saturated rings. The van der Waals surface area contributed by atoms with Gasteiger partial charge in [0.15, 0.2) is 5.78 Å². The standard InChI is InChI=1S/C19H14N2O4/c22-16(12-5-7-15-11(9-12)6-8-17(23)20-15)10-21-18(24)13-3-1-2-4-14(13)19(21)25/h1-5,7,9H,6,8,10H2,(H,20,23). The summed E-state index contributed by atoms with van der Waals surface area (Å²) >= 11 is 0. The number of hydrogen-bond acceptors (Lipinski definition) is 4. The third-order valence-corrected chi connectivity index (χ3v) is 4.50. The second-order valence-corrected chi connectivity index (χ2v) is 6.09. The van der Waals surface area contributed by atoms with Crippen LogP contribution in [-0.4, -0.2) is 34.9 Å². The average Bonchev–Trinajstić information content (AvgIpc) is 2.86. The quantitative estimate of drug-likeness (QED) is 0.688. The van der Waals surface area contributed by atoms with Crippen LogP contribution in [0.1, 0.15) is 43.1 Å². The summed E-state index contributed by atoms with van der Waals surface area (Å²) in [5, 5.41) is 2.76. The van der Waals surface area contributed by atoms with Gasteiger partial charge in [-0.25, -0.2) is 0 Å². The number of amides is 3. The minimum absolute atomic E-state index is 0.0439. The minimum Gasteiger partial charge on any atom is -0.326 e. The van der Waals surface area contributed by atoms with Crippen LogP contribution in [0.25, 0.3) is 0 Å². The lowest BCUT2D eigenvalue weighted by molar-refractivity contribution is -0.116. The fourth-order valence-electron chi connectivity index (χ4n) is 3.17. The number of anilines is 1. The lowest BCUT2D eigenvalue weighted by atomic mass is 9.98. The highest BCUT2D eigenvalue weighted by Gasteiger charge is 2.36. The van der Waals surface area contributed by atoms with Gasteiger partial charge in [0.1, 0.15) is 0 Å². The second kappa shape index (κ2) is 5.66. The van der Waals surface area contributed by atoms with E-state index in [4.69, 9.17) is 0 Å². The Morgan fingerprint density at radius 3 is 2.32 bits per heavy atom. The zero-order valence-electron chi connectivity index (χ0n) is 13.2. The SMILES string of the molecule is O=C1CCc2cc(C(=O)CN3C(=O)c4ccccc4C3=O)ccc2N1. The van der Waals surface area contributed by atoms with Crippen LogP contribution in [0.4, 0.5) is 5.69 Å². The van der Waals surface area contributed by atoms with Crippen molar-refractivity contribution in [2.24, 2.45) is 0 Å². The minimum atomic E-state index is -0.445. The molecular formula is C19H14N2O4. The largest absolute Gasteiger partial charge is 0.326 e. The van der Waals surface area contributed by atoms with E-state index in [2.05, 4.69) is 5.32 Å². The molecule has 2 aromatic carbocycles. The summed E-state index contributed by atoms with van der Waals surface area (Å²) in [6.07, 6.45) is 0.943. The highest BCUT2D eigenvalue weighted by Crippen LogP contribution is 2.25. The van der Waals surface area contributed by atoms with Gasteiger partial charge in [-0.2, -0.15) is 0 Å². The Labute approximate surface area is 143 Å². The first-order chi connectivity index (χ1) is 12.0. The number of carbonyl (C=O) groups is 4. The van der Waals surface area contributed by atoms with Gasteiger partial charge in [-0.3, -0.25) is 24.1 Å². The molecule has 0 saturated heterocycles. The normalized spacial score (nSPS) is 15.7. The predicted molar refractivity (Wildman–Crippen MR) is 89.5 cm³/mol.